The Hall–Kier alpha value is -3.84. The number of nitrogens with zero attached hydrogens (tertiary/aromatic N) is 2. The van der Waals surface area contributed by atoms with E-state index in [0.29, 0.717) is 17.8 Å². The van der Waals surface area contributed by atoms with Crippen molar-refractivity contribution in [2.75, 3.05) is 0 Å². The van der Waals surface area contributed by atoms with Gasteiger partial charge in [-0.2, -0.15) is 0 Å². The van der Waals surface area contributed by atoms with E-state index in [9.17, 15) is 9.90 Å². The van der Waals surface area contributed by atoms with Crippen molar-refractivity contribution in [2.24, 2.45) is 0 Å². The van der Waals surface area contributed by atoms with Gasteiger partial charge >= 0.3 is 5.97 Å². The Bertz CT molecular complexity index is 1270. The summed E-state index contributed by atoms with van der Waals surface area (Å²) in [6, 6.07) is 21.2. The van der Waals surface area contributed by atoms with E-state index < -0.39 is 5.97 Å². The van der Waals surface area contributed by atoms with Crippen molar-refractivity contribution in [1.29, 1.82) is 0 Å². The van der Waals surface area contributed by atoms with E-state index in [1.165, 1.54) is 0 Å². The van der Waals surface area contributed by atoms with Crippen molar-refractivity contribution in [3.05, 3.63) is 101 Å². The van der Waals surface area contributed by atoms with Gasteiger partial charge in [0.1, 0.15) is 0 Å². The molecule has 0 saturated heterocycles. The van der Waals surface area contributed by atoms with Gasteiger partial charge in [-0.1, -0.05) is 48.5 Å². The monoisotopic (exact) mass is 380 g/mol. The van der Waals surface area contributed by atoms with Gasteiger partial charge in [-0.05, 0) is 54.3 Å². The number of aromatic nitrogens is 1. The number of hydrogen-bond donors (Lipinski definition) is 1. The summed E-state index contributed by atoms with van der Waals surface area (Å²) in [5.74, 6) is -0.910. The van der Waals surface area contributed by atoms with Gasteiger partial charge in [-0.25, -0.2) is 9.64 Å². The van der Waals surface area contributed by atoms with Crippen LogP contribution in [0.2, 0.25) is 0 Å². The van der Waals surface area contributed by atoms with Gasteiger partial charge in [-0.3, -0.25) is 0 Å². The maximum Gasteiger partial charge on any atom is 0.335 e. The lowest BCUT2D eigenvalue weighted by Gasteiger charge is -2.10. The first kappa shape index (κ1) is 18.5. The molecule has 0 bridgehead atoms. The van der Waals surface area contributed by atoms with Crippen LogP contribution in [-0.2, 0) is 6.54 Å². The molecule has 0 radical (unpaired) electrons. The lowest BCUT2D eigenvalue weighted by Crippen LogP contribution is -2.02. The molecule has 0 aliphatic heterocycles. The summed E-state index contributed by atoms with van der Waals surface area (Å²) < 4.78 is 2.22. The van der Waals surface area contributed by atoms with Gasteiger partial charge in [0, 0.05) is 23.1 Å². The molecule has 1 aromatic heterocycles. The molecular formula is C25H20N2O2. The Balaban J connectivity index is 1.70. The zero-order valence-electron chi connectivity index (χ0n) is 16.3. The molecule has 0 aliphatic carbocycles. The second kappa shape index (κ2) is 7.29. The number of fused-ring (bicyclic) bond motifs is 1. The van der Waals surface area contributed by atoms with Crippen LogP contribution in [0.5, 0.6) is 0 Å². The van der Waals surface area contributed by atoms with E-state index in [1.807, 2.05) is 37.3 Å². The third-order valence-corrected chi connectivity index (χ3v) is 5.52. The topological polar surface area (TPSA) is 46.6 Å². The molecule has 0 atom stereocenters. The summed E-state index contributed by atoms with van der Waals surface area (Å²) in [6.45, 7) is 12.2. The molecule has 4 heteroatoms. The van der Waals surface area contributed by atoms with E-state index in [0.717, 1.165) is 38.9 Å². The van der Waals surface area contributed by atoms with Crippen LogP contribution in [0.1, 0.15) is 27.2 Å². The zero-order valence-corrected chi connectivity index (χ0v) is 16.3. The molecule has 4 nitrogen and oxygen atoms in total. The summed E-state index contributed by atoms with van der Waals surface area (Å²) in [6.07, 6.45) is 0. The van der Waals surface area contributed by atoms with Crippen LogP contribution in [0.4, 0.5) is 5.69 Å². The Labute approximate surface area is 169 Å². The molecular weight excluding hydrogens is 360 g/mol. The third kappa shape index (κ3) is 3.28. The molecule has 0 spiro atoms. The molecule has 29 heavy (non-hydrogen) atoms. The first-order valence-electron chi connectivity index (χ1n) is 9.38. The lowest BCUT2D eigenvalue weighted by atomic mass is 10.0. The standard InChI is InChI=1S/C25H20N2O2/c1-16-17(2)27(24-13-12-20(25(28)29)14-22(16)24)15-18-8-10-19(11-9-18)21-6-4-5-7-23(21)26-3/h4-14H,15H2,1-2H3,(H,28,29). The molecule has 1 heterocycles. The number of benzene rings is 3. The number of carboxylic acids is 1. The molecule has 0 unspecified atom stereocenters. The summed E-state index contributed by atoms with van der Waals surface area (Å²) in [7, 11) is 0. The molecule has 0 amide bonds. The molecule has 142 valence electrons. The number of aromatic carboxylic acids is 1. The summed E-state index contributed by atoms with van der Waals surface area (Å²) in [4.78, 5) is 14.9. The average molecular weight is 380 g/mol. The highest BCUT2D eigenvalue weighted by Gasteiger charge is 2.14. The minimum absolute atomic E-state index is 0.306. The van der Waals surface area contributed by atoms with E-state index in [-0.39, 0.29) is 0 Å². The molecule has 3 aromatic carbocycles. The number of hydrogen-bond acceptors (Lipinski definition) is 1. The summed E-state index contributed by atoms with van der Waals surface area (Å²) >= 11 is 0. The highest BCUT2D eigenvalue weighted by Crippen LogP contribution is 2.31. The van der Waals surface area contributed by atoms with Crippen molar-refractivity contribution in [3.63, 3.8) is 0 Å². The van der Waals surface area contributed by atoms with E-state index in [2.05, 4.69) is 40.6 Å². The number of aryl methyl sites for hydroxylation is 1. The fourth-order valence-corrected chi connectivity index (χ4v) is 3.77. The normalized spacial score (nSPS) is 10.8. The Morgan fingerprint density at radius 1 is 1.03 bits per heavy atom. The minimum Gasteiger partial charge on any atom is -0.478 e. The zero-order chi connectivity index (χ0) is 20.5. The number of carbonyl (C=O) groups is 1. The number of para-hydroxylation sites is 1. The van der Waals surface area contributed by atoms with Crippen LogP contribution in [0.25, 0.3) is 26.9 Å². The van der Waals surface area contributed by atoms with Crippen LogP contribution >= 0.6 is 0 Å². The van der Waals surface area contributed by atoms with Crippen LogP contribution in [0, 0.1) is 20.4 Å². The largest absolute Gasteiger partial charge is 0.478 e. The number of rotatable bonds is 4. The fraction of sp³-hybridized carbons (Fsp3) is 0.120. The van der Waals surface area contributed by atoms with Gasteiger partial charge in [0.25, 0.3) is 0 Å². The maximum atomic E-state index is 11.3. The smallest absolute Gasteiger partial charge is 0.335 e. The number of carboxylic acid groups (broad SMARTS) is 1. The van der Waals surface area contributed by atoms with Crippen LogP contribution in [-0.4, -0.2) is 15.6 Å². The Morgan fingerprint density at radius 3 is 2.45 bits per heavy atom. The van der Waals surface area contributed by atoms with Crippen molar-refractivity contribution < 1.29 is 9.90 Å². The maximum absolute atomic E-state index is 11.3. The average Bonchev–Trinajstić information content (AvgIpc) is 2.98. The van der Waals surface area contributed by atoms with Crippen molar-refractivity contribution in [3.8, 4) is 11.1 Å². The van der Waals surface area contributed by atoms with Crippen LogP contribution in [0.3, 0.4) is 0 Å². The van der Waals surface area contributed by atoms with Crippen molar-refractivity contribution >= 4 is 22.6 Å². The quantitative estimate of drug-likeness (QED) is 0.427. The second-order valence-corrected chi connectivity index (χ2v) is 7.16. The van der Waals surface area contributed by atoms with Gasteiger partial charge in [0.2, 0.25) is 0 Å². The van der Waals surface area contributed by atoms with Gasteiger partial charge < -0.3 is 9.67 Å². The van der Waals surface area contributed by atoms with Crippen molar-refractivity contribution in [2.45, 2.75) is 20.4 Å². The van der Waals surface area contributed by atoms with Gasteiger partial charge in [0.15, 0.2) is 5.69 Å². The molecule has 1 N–H and O–H groups in total. The van der Waals surface area contributed by atoms with Crippen molar-refractivity contribution in [1.82, 2.24) is 4.57 Å². The highest BCUT2D eigenvalue weighted by molar-refractivity contribution is 5.95. The lowest BCUT2D eigenvalue weighted by molar-refractivity contribution is 0.0697. The molecule has 0 fully saturated rings. The first-order valence-corrected chi connectivity index (χ1v) is 9.38. The predicted molar refractivity (Wildman–Crippen MR) is 116 cm³/mol. The summed E-state index contributed by atoms with van der Waals surface area (Å²) in [5, 5.41) is 10.3. The predicted octanol–water partition coefficient (Wildman–Crippen LogP) is 6.22. The minimum atomic E-state index is -0.910. The fourth-order valence-electron chi connectivity index (χ4n) is 3.77. The highest BCUT2D eigenvalue weighted by atomic mass is 16.4. The van der Waals surface area contributed by atoms with Gasteiger partial charge in [-0.15, -0.1) is 0 Å². The van der Waals surface area contributed by atoms with E-state index in [1.54, 1.807) is 12.1 Å². The van der Waals surface area contributed by atoms with Crippen LogP contribution in [0.15, 0.2) is 66.7 Å². The second-order valence-electron chi connectivity index (χ2n) is 7.16. The van der Waals surface area contributed by atoms with Gasteiger partial charge in [0.05, 0.1) is 12.1 Å². The summed E-state index contributed by atoms with van der Waals surface area (Å²) in [5.41, 5.74) is 7.34. The molecule has 4 aromatic rings. The Kier molecular flexibility index (Phi) is 4.66. The van der Waals surface area contributed by atoms with E-state index in [4.69, 9.17) is 6.57 Å². The van der Waals surface area contributed by atoms with Crippen LogP contribution < -0.4 is 0 Å². The Morgan fingerprint density at radius 2 is 1.76 bits per heavy atom. The first-order chi connectivity index (χ1) is 14.0. The molecule has 4 rings (SSSR count). The molecule has 0 aliphatic rings. The third-order valence-electron chi connectivity index (χ3n) is 5.52. The SMILES string of the molecule is [C-]#[N+]c1ccccc1-c1ccc(Cn2c(C)c(C)c3cc(C(=O)O)ccc32)cc1. The van der Waals surface area contributed by atoms with E-state index >= 15 is 0 Å². The molecule has 0 saturated carbocycles.